The number of carbonyl (C=O) groups is 3. The predicted molar refractivity (Wildman–Crippen MR) is 122 cm³/mol. The van der Waals surface area contributed by atoms with Crippen molar-refractivity contribution >= 4 is 23.4 Å². The lowest BCUT2D eigenvalue weighted by Gasteiger charge is -2.41. The Kier molecular flexibility index (Phi) is 5.44. The number of methoxy groups -OCH3 is 2. The molecule has 0 radical (unpaired) electrons. The standard InChI is InChI=1S/C25H27N3O5/c1-32-19-12-11-17-21(22(19)33-2)25(31)28-18-9-4-3-8-16(18)24(30)27(23(17)28)15-7-10-20(29)26-13-5-6-14-26/h3-4,8-9,11-12,23H,5-7,10,13-15H2,1-2H3/t23-/m0/s1. The van der Waals surface area contributed by atoms with E-state index in [-0.39, 0.29) is 17.7 Å². The molecule has 0 aromatic heterocycles. The summed E-state index contributed by atoms with van der Waals surface area (Å²) in [6.07, 6.45) is 2.43. The van der Waals surface area contributed by atoms with Gasteiger partial charge in [0, 0.05) is 31.6 Å². The number of hydrogen-bond acceptors (Lipinski definition) is 5. The Hall–Kier alpha value is -3.55. The zero-order chi connectivity index (χ0) is 23.1. The molecule has 2 aromatic carbocycles. The van der Waals surface area contributed by atoms with Crippen LogP contribution in [0, 0.1) is 0 Å². The van der Waals surface area contributed by atoms with E-state index in [4.69, 9.17) is 9.47 Å². The number of rotatable bonds is 6. The van der Waals surface area contributed by atoms with E-state index in [2.05, 4.69) is 0 Å². The molecule has 0 bridgehead atoms. The van der Waals surface area contributed by atoms with E-state index < -0.39 is 6.17 Å². The quantitative estimate of drug-likeness (QED) is 0.677. The van der Waals surface area contributed by atoms with Crippen LogP contribution in [-0.2, 0) is 4.79 Å². The first-order chi connectivity index (χ1) is 16.1. The average Bonchev–Trinajstić information content (AvgIpc) is 3.48. The Balaban J connectivity index is 1.51. The molecule has 0 saturated carbocycles. The highest BCUT2D eigenvalue weighted by Gasteiger charge is 2.49. The summed E-state index contributed by atoms with van der Waals surface area (Å²) in [5, 5.41) is 0. The second-order valence-electron chi connectivity index (χ2n) is 8.52. The molecule has 0 N–H and O–H groups in total. The van der Waals surface area contributed by atoms with Gasteiger partial charge < -0.3 is 19.3 Å². The van der Waals surface area contributed by atoms with Crippen molar-refractivity contribution in [3.05, 3.63) is 53.1 Å². The molecule has 3 amide bonds. The van der Waals surface area contributed by atoms with Crippen molar-refractivity contribution in [1.82, 2.24) is 9.80 Å². The van der Waals surface area contributed by atoms with Gasteiger partial charge in [-0.1, -0.05) is 18.2 Å². The first-order valence-corrected chi connectivity index (χ1v) is 11.3. The number of ether oxygens (including phenoxy) is 2. The van der Waals surface area contributed by atoms with Gasteiger partial charge in [0.2, 0.25) is 5.91 Å². The van der Waals surface area contributed by atoms with Crippen molar-refractivity contribution in [2.75, 3.05) is 38.8 Å². The second-order valence-corrected chi connectivity index (χ2v) is 8.52. The largest absolute Gasteiger partial charge is 0.493 e. The van der Waals surface area contributed by atoms with Gasteiger partial charge >= 0.3 is 0 Å². The fourth-order valence-corrected chi connectivity index (χ4v) is 5.18. The third-order valence-corrected chi connectivity index (χ3v) is 6.73. The molecule has 1 atom stereocenters. The number of nitrogens with zero attached hydrogens (tertiary/aromatic N) is 3. The molecule has 3 aliphatic rings. The summed E-state index contributed by atoms with van der Waals surface area (Å²) in [6.45, 7) is 2.00. The van der Waals surface area contributed by atoms with E-state index in [0.717, 1.165) is 25.9 Å². The molecule has 2 aromatic rings. The maximum absolute atomic E-state index is 13.6. The van der Waals surface area contributed by atoms with Crippen molar-refractivity contribution in [3.8, 4) is 11.5 Å². The van der Waals surface area contributed by atoms with Gasteiger partial charge in [0.05, 0.1) is 31.0 Å². The molecule has 0 spiro atoms. The molecular weight excluding hydrogens is 422 g/mol. The van der Waals surface area contributed by atoms with Crippen LogP contribution in [0.3, 0.4) is 0 Å². The molecule has 1 saturated heterocycles. The number of anilines is 1. The van der Waals surface area contributed by atoms with E-state index in [1.807, 2.05) is 17.0 Å². The van der Waals surface area contributed by atoms with Gasteiger partial charge in [-0.25, -0.2) is 0 Å². The van der Waals surface area contributed by atoms with Gasteiger partial charge in [0.25, 0.3) is 11.8 Å². The Morgan fingerprint density at radius 3 is 2.48 bits per heavy atom. The van der Waals surface area contributed by atoms with Crippen LogP contribution in [0.4, 0.5) is 5.69 Å². The average molecular weight is 450 g/mol. The Morgan fingerprint density at radius 1 is 1.00 bits per heavy atom. The fourth-order valence-electron chi connectivity index (χ4n) is 5.18. The summed E-state index contributed by atoms with van der Waals surface area (Å²) in [7, 11) is 3.03. The zero-order valence-corrected chi connectivity index (χ0v) is 18.9. The zero-order valence-electron chi connectivity index (χ0n) is 18.9. The number of amides is 3. The number of carbonyl (C=O) groups excluding carboxylic acids is 3. The van der Waals surface area contributed by atoms with Gasteiger partial charge in [-0.05, 0) is 37.5 Å². The van der Waals surface area contributed by atoms with Crippen molar-refractivity contribution < 1.29 is 23.9 Å². The van der Waals surface area contributed by atoms with E-state index >= 15 is 0 Å². The highest BCUT2D eigenvalue weighted by Crippen LogP contribution is 2.49. The second kappa shape index (κ2) is 8.42. The van der Waals surface area contributed by atoms with E-state index in [1.54, 1.807) is 34.1 Å². The van der Waals surface area contributed by atoms with Crippen LogP contribution < -0.4 is 14.4 Å². The van der Waals surface area contributed by atoms with Crippen LogP contribution in [0.1, 0.15) is 58.1 Å². The van der Waals surface area contributed by atoms with E-state index in [9.17, 15) is 14.4 Å². The summed E-state index contributed by atoms with van der Waals surface area (Å²) in [6, 6.07) is 10.7. The summed E-state index contributed by atoms with van der Waals surface area (Å²) >= 11 is 0. The third-order valence-electron chi connectivity index (χ3n) is 6.73. The number of hydrogen-bond donors (Lipinski definition) is 0. The van der Waals surface area contributed by atoms with Crippen molar-refractivity contribution in [3.63, 3.8) is 0 Å². The smallest absolute Gasteiger partial charge is 0.264 e. The molecule has 0 unspecified atom stereocenters. The molecule has 33 heavy (non-hydrogen) atoms. The highest BCUT2D eigenvalue weighted by atomic mass is 16.5. The van der Waals surface area contributed by atoms with Crippen molar-refractivity contribution in [1.29, 1.82) is 0 Å². The third kappa shape index (κ3) is 3.32. The number of fused-ring (bicyclic) bond motifs is 5. The van der Waals surface area contributed by atoms with Crippen LogP contribution in [0.15, 0.2) is 36.4 Å². The minimum atomic E-state index is -0.586. The molecular formula is C25H27N3O5. The van der Waals surface area contributed by atoms with E-state index in [1.165, 1.54) is 14.2 Å². The highest BCUT2D eigenvalue weighted by molar-refractivity contribution is 6.18. The normalized spacial score (nSPS) is 18.8. The lowest BCUT2D eigenvalue weighted by Crippen LogP contribution is -2.48. The Labute approximate surface area is 192 Å². The van der Waals surface area contributed by atoms with Gasteiger partial charge in [0.15, 0.2) is 11.5 Å². The predicted octanol–water partition coefficient (Wildman–Crippen LogP) is 3.22. The monoisotopic (exact) mass is 449 g/mol. The van der Waals surface area contributed by atoms with Crippen molar-refractivity contribution in [2.24, 2.45) is 0 Å². The molecule has 172 valence electrons. The number of para-hydroxylation sites is 1. The molecule has 1 fully saturated rings. The lowest BCUT2D eigenvalue weighted by atomic mass is 10.0. The first kappa shape index (κ1) is 21.3. The molecule has 0 aliphatic carbocycles. The summed E-state index contributed by atoms with van der Waals surface area (Å²) in [5.41, 5.74) is 2.17. The molecule has 8 nitrogen and oxygen atoms in total. The van der Waals surface area contributed by atoms with Crippen LogP contribution in [0.2, 0.25) is 0 Å². The molecule has 3 aliphatic heterocycles. The van der Waals surface area contributed by atoms with Gasteiger partial charge in [0.1, 0.15) is 6.17 Å². The summed E-state index contributed by atoms with van der Waals surface area (Å²) in [4.78, 5) is 44.9. The minimum absolute atomic E-state index is 0.128. The van der Waals surface area contributed by atoms with E-state index in [0.29, 0.717) is 53.3 Å². The Morgan fingerprint density at radius 2 is 1.76 bits per heavy atom. The maximum Gasteiger partial charge on any atom is 0.264 e. The van der Waals surface area contributed by atoms with Crippen LogP contribution in [0.25, 0.3) is 0 Å². The molecule has 3 heterocycles. The number of benzene rings is 2. The Bertz CT molecular complexity index is 1130. The van der Waals surface area contributed by atoms with Gasteiger partial charge in [-0.15, -0.1) is 0 Å². The fraction of sp³-hybridized carbons (Fsp3) is 0.400. The SMILES string of the molecule is COc1ccc2c(c1OC)C(=O)N1c3ccccc3C(=O)N(CCCC(=O)N3CCCC3)[C@H]21. The lowest BCUT2D eigenvalue weighted by molar-refractivity contribution is -0.130. The summed E-state index contributed by atoms with van der Waals surface area (Å²) < 4.78 is 11.0. The van der Waals surface area contributed by atoms with Crippen LogP contribution in [0.5, 0.6) is 11.5 Å². The van der Waals surface area contributed by atoms with Crippen molar-refractivity contribution in [2.45, 2.75) is 31.8 Å². The van der Waals surface area contributed by atoms with Gasteiger partial charge in [-0.3, -0.25) is 19.3 Å². The van der Waals surface area contributed by atoms with Gasteiger partial charge in [-0.2, -0.15) is 0 Å². The maximum atomic E-state index is 13.6. The minimum Gasteiger partial charge on any atom is -0.493 e. The van der Waals surface area contributed by atoms with Crippen LogP contribution >= 0.6 is 0 Å². The summed E-state index contributed by atoms with van der Waals surface area (Å²) in [5.74, 6) is 0.582. The topological polar surface area (TPSA) is 79.4 Å². The van der Waals surface area contributed by atoms with Crippen LogP contribution in [-0.4, -0.2) is 61.4 Å². The molecule has 5 rings (SSSR count). The molecule has 8 heteroatoms. The number of likely N-dealkylation sites (tertiary alicyclic amines) is 1. The first-order valence-electron chi connectivity index (χ1n) is 11.3.